The van der Waals surface area contributed by atoms with Crippen molar-refractivity contribution in [2.24, 2.45) is 4.99 Å². The SMILES string of the molecule is CCOCCNC1=NCC(O)CN1. The van der Waals surface area contributed by atoms with E-state index in [1.54, 1.807) is 0 Å². The monoisotopic (exact) mass is 187 g/mol. The predicted octanol–water partition coefficient (Wildman–Crippen LogP) is -1.07. The van der Waals surface area contributed by atoms with Crippen LogP contribution in [0.2, 0.25) is 0 Å². The Morgan fingerprint density at radius 3 is 3.23 bits per heavy atom. The summed E-state index contributed by atoms with van der Waals surface area (Å²) in [5, 5.41) is 15.2. The molecule has 0 aromatic rings. The first-order valence-corrected chi connectivity index (χ1v) is 4.61. The first kappa shape index (κ1) is 10.3. The first-order chi connectivity index (χ1) is 6.33. The molecule has 0 aliphatic carbocycles. The lowest BCUT2D eigenvalue weighted by Crippen LogP contribution is -2.46. The van der Waals surface area contributed by atoms with Gasteiger partial charge in [-0.3, -0.25) is 4.99 Å². The van der Waals surface area contributed by atoms with Crippen LogP contribution < -0.4 is 10.6 Å². The number of aliphatic hydroxyl groups is 1. The number of hydrogen-bond donors (Lipinski definition) is 3. The average Bonchev–Trinajstić information content (AvgIpc) is 2.15. The van der Waals surface area contributed by atoms with E-state index in [2.05, 4.69) is 15.6 Å². The molecule has 1 rings (SSSR count). The number of rotatable bonds is 4. The van der Waals surface area contributed by atoms with Gasteiger partial charge in [0, 0.05) is 19.7 Å². The lowest BCUT2D eigenvalue weighted by atomic mass is 10.3. The van der Waals surface area contributed by atoms with E-state index in [0.29, 0.717) is 19.7 Å². The molecule has 0 fully saturated rings. The van der Waals surface area contributed by atoms with E-state index in [-0.39, 0.29) is 6.10 Å². The molecule has 0 bridgehead atoms. The van der Waals surface area contributed by atoms with Crippen molar-refractivity contribution in [1.29, 1.82) is 0 Å². The number of nitrogens with zero attached hydrogens (tertiary/aromatic N) is 1. The highest BCUT2D eigenvalue weighted by Gasteiger charge is 2.10. The Morgan fingerprint density at radius 1 is 1.77 bits per heavy atom. The Kier molecular flexibility index (Phi) is 4.56. The maximum absolute atomic E-state index is 9.11. The van der Waals surface area contributed by atoms with Crippen molar-refractivity contribution >= 4 is 5.96 Å². The van der Waals surface area contributed by atoms with Crippen molar-refractivity contribution in [3.63, 3.8) is 0 Å². The number of ether oxygens (including phenoxy) is 1. The van der Waals surface area contributed by atoms with Crippen molar-refractivity contribution < 1.29 is 9.84 Å². The van der Waals surface area contributed by atoms with Gasteiger partial charge in [-0.2, -0.15) is 0 Å². The normalized spacial score (nSPS) is 22.0. The minimum absolute atomic E-state index is 0.350. The fourth-order valence-corrected chi connectivity index (χ4v) is 1.04. The van der Waals surface area contributed by atoms with Crippen LogP contribution in [0, 0.1) is 0 Å². The lowest BCUT2D eigenvalue weighted by Gasteiger charge is -2.19. The van der Waals surface area contributed by atoms with E-state index in [4.69, 9.17) is 9.84 Å². The van der Waals surface area contributed by atoms with Crippen LogP contribution >= 0.6 is 0 Å². The Hall–Kier alpha value is -0.810. The summed E-state index contributed by atoms with van der Waals surface area (Å²) in [6.45, 7) is 5.17. The van der Waals surface area contributed by atoms with Gasteiger partial charge in [0.15, 0.2) is 5.96 Å². The van der Waals surface area contributed by atoms with Crippen LogP contribution in [0.1, 0.15) is 6.92 Å². The fourth-order valence-electron chi connectivity index (χ4n) is 1.04. The van der Waals surface area contributed by atoms with Crippen LogP contribution in [-0.4, -0.2) is 50.0 Å². The molecule has 0 spiro atoms. The molecule has 1 unspecified atom stereocenters. The molecule has 0 aromatic carbocycles. The van der Waals surface area contributed by atoms with Crippen LogP contribution in [0.4, 0.5) is 0 Å². The zero-order valence-corrected chi connectivity index (χ0v) is 7.92. The third-order valence-electron chi connectivity index (χ3n) is 1.71. The number of aliphatic imine (C=N–C) groups is 1. The number of nitrogens with one attached hydrogen (secondary N) is 2. The molecule has 3 N–H and O–H groups in total. The maximum Gasteiger partial charge on any atom is 0.191 e. The highest BCUT2D eigenvalue weighted by molar-refractivity contribution is 5.80. The highest BCUT2D eigenvalue weighted by Crippen LogP contribution is 1.88. The summed E-state index contributed by atoms with van der Waals surface area (Å²) in [5.74, 6) is 0.755. The number of β-amino-alcohol motifs (C(OH)–C–C–N with tert-alkyl or cyclic N) is 1. The van der Waals surface area contributed by atoms with Crippen LogP contribution in [0.15, 0.2) is 4.99 Å². The number of guanidine groups is 1. The van der Waals surface area contributed by atoms with Gasteiger partial charge in [0.05, 0.1) is 19.3 Å². The summed E-state index contributed by atoms with van der Waals surface area (Å²) < 4.78 is 5.15. The summed E-state index contributed by atoms with van der Waals surface area (Å²) >= 11 is 0. The molecule has 0 saturated carbocycles. The van der Waals surface area contributed by atoms with Crippen molar-refractivity contribution in [2.75, 3.05) is 32.8 Å². The van der Waals surface area contributed by atoms with Gasteiger partial charge < -0.3 is 20.5 Å². The first-order valence-electron chi connectivity index (χ1n) is 4.61. The predicted molar refractivity (Wildman–Crippen MR) is 50.8 cm³/mol. The second-order valence-corrected chi connectivity index (χ2v) is 2.85. The molecule has 1 atom stereocenters. The molecule has 1 aliphatic heterocycles. The number of hydrogen-bond acceptors (Lipinski definition) is 5. The van der Waals surface area contributed by atoms with Crippen molar-refractivity contribution in [3.05, 3.63) is 0 Å². The van der Waals surface area contributed by atoms with Crippen LogP contribution in [0.5, 0.6) is 0 Å². The quantitative estimate of drug-likeness (QED) is 0.490. The van der Waals surface area contributed by atoms with Gasteiger partial charge >= 0.3 is 0 Å². The lowest BCUT2D eigenvalue weighted by molar-refractivity contribution is 0.151. The molecule has 76 valence electrons. The molecule has 1 heterocycles. The third-order valence-corrected chi connectivity index (χ3v) is 1.71. The maximum atomic E-state index is 9.11. The van der Waals surface area contributed by atoms with Crippen molar-refractivity contribution in [3.8, 4) is 0 Å². The minimum Gasteiger partial charge on any atom is -0.389 e. The molecule has 0 aromatic heterocycles. The van der Waals surface area contributed by atoms with Crippen molar-refractivity contribution in [1.82, 2.24) is 10.6 Å². The van der Waals surface area contributed by atoms with Gasteiger partial charge in [-0.15, -0.1) is 0 Å². The van der Waals surface area contributed by atoms with E-state index in [9.17, 15) is 0 Å². The van der Waals surface area contributed by atoms with Gasteiger partial charge in [0.2, 0.25) is 0 Å². The van der Waals surface area contributed by atoms with Crippen LogP contribution in [0.3, 0.4) is 0 Å². The summed E-state index contributed by atoms with van der Waals surface area (Å²) in [4.78, 5) is 4.10. The molecule has 5 nitrogen and oxygen atoms in total. The molecule has 5 heteroatoms. The molecule has 13 heavy (non-hydrogen) atoms. The third kappa shape index (κ3) is 4.10. The zero-order valence-electron chi connectivity index (χ0n) is 7.92. The van der Waals surface area contributed by atoms with Crippen LogP contribution in [-0.2, 0) is 4.74 Å². The Labute approximate surface area is 78.2 Å². The van der Waals surface area contributed by atoms with E-state index in [0.717, 1.165) is 19.1 Å². The number of aliphatic hydroxyl groups excluding tert-OH is 1. The standard InChI is InChI=1S/C8H17N3O2/c1-2-13-4-3-9-8-10-5-7(12)6-11-8/h7,12H,2-6H2,1H3,(H2,9,10,11). The fraction of sp³-hybridized carbons (Fsp3) is 0.875. The van der Waals surface area contributed by atoms with Gasteiger partial charge in [-0.25, -0.2) is 0 Å². The summed E-state index contributed by atoms with van der Waals surface area (Å²) in [6.07, 6.45) is -0.350. The summed E-state index contributed by atoms with van der Waals surface area (Å²) in [7, 11) is 0. The van der Waals surface area contributed by atoms with E-state index < -0.39 is 0 Å². The summed E-state index contributed by atoms with van der Waals surface area (Å²) in [5.41, 5.74) is 0. The molecular formula is C8H17N3O2. The molecule has 0 saturated heterocycles. The second-order valence-electron chi connectivity index (χ2n) is 2.85. The highest BCUT2D eigenvalue weighted by atomic mass is 16.5. The Bertz CT molecular complexity index is 173. The van der Waals surface area contributed by atoms with Gasteiger partial charge in [-0.1, -0.05) is 0 Å². The van der Waals surface area contributed by atoms with Gasteiger partial charge in [0.1, 0.15) is 0 Å². The minimum atomic E-state index is -0.350. The van der Waals surface area contributed by atoms with E-state index in [1.807, 2.05) is 6.92 Å². The topological polar surface area (TPSA) is 65.9 Å². The molecular weight excluding hydrogens is 170 g/mol. The smallest absolute Gasteiger partial charge is 0.191 e. The van der Waals surface area contributed by atoms with Gasteiger partial charge in [0.25, 0.3) is 0 Å². The molecule has 0 amide bonds. The van der Waals surface area contributed by atoms with Gasteiger partial charge in [-0.05, 0) is 6.92 Å². The zero-order chi connectivity index (χ0) is 9.52. The van der Waals surface area contributed by atoms with Crippen molar-refractivity contribution in [2.45, 2.75) is 13.0 Å². The Morgan fingerprint density at radius 2 is 2.62 bits per heavy atom. The van der Waals surface area contributed by atoms with Crippen LogP contribution in [0.25, 0.3) is 0 Å². The largest absolute Gasteiger partial charge is 0.389 e. The van der Waals surface area contributed by atoms with E-state index in [1.165, 1.54) is 0 Å². The molecule has 0 radical (unpaired) electrons. The average molecular weight is 187 g/mol. The Balaban J connectivity index is 2.08. The second kappa shape index (κ2) is 5.77. The van der Waals surface area contributed by atoms with E-state index >= 15 is 0 Å². The summed E-state index contributed by atoms with van der Waals surface area (Å²) in [6, 6.07) is 0. The molecule has 1 aliphatic rings.